The van der Waals surface area contributed by atoms with Crippen molar-refractivity contribution in [1.82, 2.24) is 0 Å². The van der Waals surface area contributed by atoms with E-state index in [2.05, 4.69) is 11.8 Å². The molecule has 18 heavy (non-hydrogen) atoms. The average molecular weight is 259 g/mol. The Morgan fingerprint density at radius 3 is 2.56 bits per heavy atom. The van der Waals surface area contributed by atoms with Gasteiger partial charge in [0.05, 0.1) is 5.56 Å². The second kappa shape index (κ2) is 5.87. The molecule has 0 saturated carbocycles. The lowest BCUT2D eigenvalue weighted by molar-refractivity contribution is -0.138. The molecule has 1 atom stereocenters. The van der Waals surface area contributed by atoms with E-state index in [-0.39, 0.29) is 12.0 Å². The molecule has 0 bridgehead atoms. The SMILES string of the molecule is CC#CCCC(N)c1cc(F)ccc1C(F)(F)F. The molecular formula is C13H13F4N. The highest BCUT2D eigenvalue weighted by molar-refractivity contribution is 5.33. The van der Waals surface area contributed by atoms with Crippen LogP contribution in [0.1, 0.15) is 36.9 Å². The van der Waals surface area contributed by atoms with Crippen LogP contribution in [0.3, 0.4) is 0 Å². The molecule has 0 aliphatic heterocycles. The van der Waals surface area contributed by atoms with E-state index in [0.29, 0.717) is 6.42 Å². The fourth-order valence-corrected chi connectivity index (χ4v) is 1.61. The Bertz CT molecular complexity index is 468. The van der Waals surface area contributed by atoms with E-state index in [9.17, 15) is 17.6 Å². The predicted octanol–water partition coefficient (Wildman–Crippen LogP) is 3.65. The lowest BCUT2D eigenvalue weighted by Gasteiger charge is -2.17. The minimum absolute atomic E-state index is 0.222. The van der Waals surface area contributed by atoms with Gasteiger partial charge in [0.2, 0.25) is 0 Å². The summed E-state index contributed by atoms with van der Waals surface area (Å²) in [6.07, 6.45) is -3.89. The van der Waals surface area contributed by atoms with Crippen LogP contribution in [-0.4, -0.2) is 0 Å². The summed E-state index contributed by atoms with van der Waals surface area (Å²) in [5.74, 6) is 4.62. The van der Waals surface area contributed by atoms with Crippen LogP contribution in [0.25, 0.3) is 0 Å². The van der Waals surface area contributed by atoms with Gasteiger partial charge in [-0.2, -0.15) is 13.2 Å². The van der Waals surface area contributed by atoms with Crippen molar-refractivity contribution in [2.75, 3.05) is 0 Å². The van der Waals surface area contributed by atoms with Crippen LogP contribution in [0.5, 0.6) is 0 Å². The van der Waals surface area contributed by atoms with Crippen molar-refractivity contribution in [2.45, 2.75) is 32.0 Å². The highest BCUT2D eigenvalue weighted by atomic mass is 19.4. The molecule has 0 amide bonds. The van der Waals surface area contributed by atoms with Gasteiger partial charge in [-0.25, -0.2) is 4.39 Å². The zero-order chi connectivity index (χ0) is 13.8. The molecule has 0 fully saturated rings. The number of benzene rings is 1. The Labute approximate surface area is 103 Å². The largest absolute Gasteiger partial charge is 0.416 e. The number of rotatable bonds is 3. The second-order valence-corrected chi connectivity index (χ2v) is 3.80. The fraction of sp³-hybridized carbons (Fsp3) is 0.385. The number of alkyl halides is 3. The summed E-state index contributed by atoms with van der Waals surface area (Å²) < 4.78 is 51.2. The quantitative estimate of drug-likeness (QED) is 0.650. The summed E-state index contributed by atoms with van der Waals surface area (Å²) in [7, 11) is 0. The minimum atomic E-state index is -4.53. The molecular weight excluding hydrogens is 246 g/mol. The van der Waals surface area contributed by atoms with E-state index in [1.54, 1.807) is 6.92 Å². The number of hydrogen-bond donors (Lipinski definition) is 1. The standard InChI is InChI=1S/C13H13F4N/c1-2-3-4-5-12(18)10-8-9(14)6-7-11(10)13(15,16)17/h6-8,12H,4-5,18H2,1H3. The van der Waals surface area contributed by atoms with Gasteiger partial charge in [-0.15, -0.1) is 11.8 Å². The molecule has 2 N–H and O–H groups in total. The lowest BCUT2D eigenvalue weighted by Crippen LogP contribution is -2.17. The molecule has 1 rings (SSSR count). The molecule has 0 aliphatic rings. The van der Waals surface area contributed by atoms with Crippen molar-refractivity contribution < 1.29 is 17.6 Å². The predicted molar refractivity (Wildman–Crippen MR) is 61.0 cm³/mol. The molecule has 1 unspecified atom stereocenters. The van der Waals surface area contributed by atoms with Gasteiger partial charge in [-0.3, -0.25) is 0 Å². The third-order valence-corrected chi connectivity index (χ3v) is 2.48. The molecule has 98 valence electrons. The van der Waals surface area contributed by atoms with Crippen molar-refractivity contribution in [3.63, 3.8) is 0 Å². The fourth-order valence-electron chi connectivity index (χ4n) is 1.61. The van der Waals surface area contributed by atoms with E-state index in [0.717, 1.165) is 18.2 Å². The maximum Gasteiger partial charge on any atom is 0.416 e. The van der Waals surface area contributed by atoms with Crippen LogP contribution in [0, 0.1) is 17.7 Å². The summed E-state index contributed by atoms with van der Waals surface area (Å²) in [4.78, 5) is 0. The van der Waals surface area contributed by atoms with Crippen molar-refractivity contribution in [3.05, 3.63) is 35.1 Å². The molecule has 0 saturated heterocycles. The zero-order valence-electron chi connectivity index (χ0n) is 9.81. The summed E-state index contributed by atoms with van der Waals surface area (Å²) >= 11 is 0. The summed E-state index contributed by atoms with van der Waals surface area (Å²) in [6.45, 7) is 1.63. The van der Waals surface area contributed by atoms with Crippen LogP contribution >= 0.6 is 0 Å². The molecule has 0 aliphatic carbocycles. The van der Waals surface area contributed by atoms with Crippen molar-refractivity contribution in [3.8, 4) is 11.8 Å². The molecule has 5 heteroatoms. The van der Waals surface area contributed by atoms with Crippen LogP contribution in [0.15, 0.2) is 18.2 Å². The Kier molecular flexibility index (Phi) is 4.74. The van der Waals surface area contributed by atoms with Crippen LogP contribution < -0.4 is 5.73 Å². The van der Waals surface area contributed by atoms with Gasteiger partial charge in [0.15, 0.2) is 0 Å². The lowest BCUT2D eigenvalue weighted by atomic mass is 9.97. The van der Waals surface area contributed by atoms with Gasteiger partial charge in [-0.05, 0) is 37.1 Å². The molecule has 1 aromatic rings. The molecule has 0 aromatic heterocycles. The normalized spacial score (nSPS) is 12.8. The number of halogens is 4. The topological polar surface area (TPSA) is 26.0 Å². The number of nitrogens with two attached hydrogens (primary N) is 1. The van der Waals surface area contributed by atoms with E-state index in [1.807, 2.05) is 0 Å². The summed E-state index contributed by atoms with van der Waals surface area (Å²) in [5, 5.41) is 0. The highest BCUT2D eigenvalue weighted by Gasteiger charge is 2.34. The Morgan fingerprint density at radius 1 is 1.33 bits per heavy atom. The van der Waals surface area contributed by atoms with E-state index in [1.165, 1.54) is 0 Å². The van der Waals surface area contributed by atoms with Crippen LogP contribution in [0.2, 0.25) is 0 Å². The van der Waals surface area contributed by atoms with Crippen molar-refractivity contribution in [1.29, 1.82) is 0 Å². The zero-order valence-corrected chi connectivity index (χ0v) is 9.81. The smallest absolute Gasteiger partial charge is 0.324 e. The first-order valence-corrected chi connectivity index (χ1v) is 5.38. The Hall–Kier alpha value is -1.54. The monoisotopic (exact) mass is 259 g/mol. The van der Waals surface area contributed by atoms with E-state index in [4.69, 9.17) is 5.73 Å². The maximum atomic E-state index is 13.0. The van der Waals surface area contributed by atoms with Crippen molar-refractivity contribution in [2.24, 2.45) is 5.73 Å². The van der Waals surface area contributed by atoms with Gasteiger partial charge in [0.1, 0.15) is 5.82 Å². The Morgan fingerprint density at radius 2 is 2.00 bits per heavy atom. The maximum absolute atomic E-state index is 13.0. The summed E-state index contributed by atoms with van der Waals surface area (Å²) in [5.41, 5.74) is 4.56. The van der Waals surface area contributed by atoms with Gasteiger partial charge < -0.3 is 5.73 Å². The second-order valence-electron chi connectivity index (χ2n) is 3.80. The molecule has 0 radical (unpaired) electrons. The first kappa shape index (κ1) is 14.5. The molecule has 1 aromatic carbocycles. The minimum Gasteiger partial charge on any atom is -0.324 e. The van der Waals surface area contributed by atoms with Gasteiger partial charge in [0.25, 0.3) is 0 Å². The first-order chi connectivity index (χ1) is 8.36. The van der Waals surface area contributed by atoms with Gasteiger partial charge in [-0.1, -0.05) is 0 Å². The summed E-state index contributed by atoms with van der Waals surface area (Å²) in [6, 6.07) is 1.46. The molecule has 0 spiro atoms. The third kappa shape index (κ3) is 3.74. The van der Waals surface area contributed by atoms with E-state index < -0.39 is 23.6 Å². The van der Waals surface area contributed by atoms with Gasteiger partial charge >= 0.3 is 6.18 Å². The highest BCUT2D eigenvalue weighted by Crippen LogP contribution is 2.35. The average Bonchev–Trinajstić information content (AvgIpc) is 2.27. The van der Waals surface area contributed by atoms with E-state index >= 15 is 0 Å². The van der Waals surface area contributed by atoms with Crippen LogP contribution in [-0.2, 0) is 6.18 Å². The first-order valence-electron chi connectivity index (χ1n) is 5.38. The van der Waals surface area contributed by atoms with Crippen LogP contribution in [0.4, 0.5) is 17.6 Å². The third-order valence-electron chi connectivity index (χ3n) is 2.48. The van der Waals surface area contributed by atoms with Crippen molar-refractivity contribution >= 4 is 0 Å². The molecule has 1 nitrogen and oxygen atoms in total. The Balaban J connectivity index is 3.04. The van der Waals surface area contributed by atoms with Gasteiger partial charge in [0, 0.05) is 12.5 Å². The number of hydrogen-bond acceptors (Lipinski definition) is 1. The molecule has 0 heterocycles.